The Bertz CT molecular complexity index is 432. The van der Waals surface area contributed by atoms with Crippen molar-refractivity contribution in [2.75, 3.05) is 13.1 Å². The van der Waals surface area contributed by atoms with Gasteiger partial charge in [0.1, 0.15) is 5.84 Å². The Balaban J connectivity index is 1.75. The van der Waals surface area contributed by atoms with E-state index in [1.807, 2.05) is 11.3 Å². The summed E-state index contributed by atoms with van der Waals surface area (Å²) in [6, 6.07) is 5.36. The molecule has 1 saturated carbocycles. The molecule has 3 nitrogen and oxygen atoms in total. The summed E-state index contributed by atoms with van der Waals surface area (Å²) in [5, 5.41) is 7.26. The van der Waals surface area contributed by atoms with Crippen LogP contribution in [0.3, 0.4) is 0 Å². The summed E-state index contributed by atoms with van der Waals surface area (Å²) in [5.41, 5.74) is 0. The van der Waals surface area contributed by atoms with Crippen molar-refractivity contribution in [3.05, 3.63) is 21.9 Å². The molecule has 3 rings (SSSR count). The second kappa shape index (κ2) is 5.41. The molecule has 98 valence electrons. The number of thiophene rings is 1. The van der Waals surface area contributed by atoms with E-state index in [0.717, 1.165) is 18.9 Å². The van der Waals surface area contributed by atoms with Crippen LogP contribution in [0.25, 0.3) is 0 Å². The maximum atomic E-state index is 4.71. The van der Waals surface area contributed by atoms with Crippen LogP contribution in [-0.4, -0.2) is 25.0 Å². The minimum atomic E-state index is 0.290. The second-order valence-electron chi connectivity index (χ2n) is 5.23. The Morgan fingerprint density at radius 1 is 1.33 bits per heavy atom. The highest BCUT2D eigenvalue weighted by Crippen LogP contribution is 2.26. The van der Waals surface area contributed by atoms with Gasteiger partial charge in [0, 0.05) is 22.3 Å². The van der Waals surface area contributed by atoms with Gasteiger partial charge in [0.2, 0.25) is 0 Å². The molecule has 2 heterocycles. The lowest BCUT2D eigenvalue weighted by Gasteiger charge is -2.27. The summed E-state index contributed by atoms with van der Waals surface area (Å²) < 4.78 is 0. The lowest BCUT2D eigenvalue weighted by molar-refractivity contribution is 0.562. The van der Waals surface area contributed by atoms with Gasteiger partial charge in [-0.25, -0.2) is 0 Å². The van der Waals surface area contributed by atoms with E-state index in [2.05, 4.69) is 29.7 Å². The Kier molecular flexibility index (Phi) is 3.66. The first kappa shape index (κ1) is 12.2. The van der Waals surface area contributed by atoms with E-state index in [0.29, 0.717) is 6.04 Å². The number of aryl methyl sites for hydroxylation is 1. The number of amidine groups is 1. The average Bonchev–Trinajstić information content (AvgIpc) is 3.02. The maximum Gasteiger partial charge on any atom is 0.119 e. The molecule has 0 saturated heterocycles. The number of hydrogen-bond acceptors (Lipinski definition) is 4. The van der Waals surface area contributed by atoms with Crippen LogP contribution >= 0.6 is 11.3 Å². The molecule has 1 fully saturated rings. The Labute approximate surface area is 113 Å². The lowest BCUT2D eigenvalue weighted by Crippen LogP contribution is -2.45. The predicted octanol–water partition coefficient (Wildman–Crippen LogP) is 2.63. The Morgan fingerprint density at radius 2 is 2.17 bits per heavy atom. The minimum absolute atomic E-state index is 0.290. The molecule has 18 heavy (non-hydrogen) atoms. The van der Waals surface area contributed by atoms with E-state index in [9.17, 15) is 0 Å². The van der Waals surface area contributed by atoms with Gasteiger partial charge < -0.3 is 10.6 Å². The number of hydrogen-bond donors (Lipinski definition) is 2. The SMILES string of the molecule is Cc1ccc(C2NCCN=C2NC2CCCC2)s1. The molecule has 2 aliphatic rings. The molecule has 1 unspecified atom stereocenters. The molecule has 2 N–H and O–H groups in total. The van der Waals surface area contributed by atoms with Gasteiger partial charge in [-0.3, -0.25) is 4.99 Å². The van der Waals surface area contributed by atoms with Crippen LogP contribution in [0.2, 0.25) is 0 Å². The lowest BCUT2D eigenvalue weighted by atomic mass is 10.1. The van der Waals surface area contributed by atoms with Crippen molar-refractivity contribution in [3.63, 3.8) is 0 Å². The van der Waals surface area contributed by atoms with Crippen molar-refractivity contribution in [1.82, 2.24) is 10.6 Å². The molecule has 0 aromatic carbocycles. The van der Waals surface area contributed by atoms with Crippen molar-refractivity contribution in [2.45, 2.75) is 44.7 Å². The van der Waals surface area contributed by atoms with Crippen LogP contribution in [0.15, 0.2) is 17.1 Å². The number of nitrogens with zero attached hydrogens (tertiary/aromatic N) is 1. The third-order valence-corrected chi connectivity index (χ3v) is 4.83. The number of nitrogens with one attached hydrogen (secondary N) is 2. The highest BCUT2D eigenvalue weighted by Gasteiger charge is 2.25. The molecule has 1 aromatic rings. The van der Waals surface area contributed by atoms with E-state index in [-0.39, 0.29) is 6.04 Å². The quantitative estimate of drug-likeness (QED) is 0.860. The molecule has 1 atom stereocenters. The maximum absolute atomic E-state index is 4.71. The Morgan fingerprint density at radius 3 is 2.89 bits per heavy atom. The first-order valence-electron chi connectivity index (χ1n) is 6.93. The van der Waals surface area contributed by atoms with Crippen LogP contribution in [0.4, 0.5) is 0 Å². The predicted molar refractivity (Wildman–Crippen MR) is 77.5 cm³/mol. The summed E-state index contributed by atoms with van der Waals surface area (Å²) in [5.74, 6) is 1.16. The normalized spacial score (nSPS) is 25.2. The number of rotatable bonds is 2. The van der Waals surface area contributed by atoms with Gasteiger partial charge in [0.15, 0.2) is 0 Å². The zero-order chi connectivity index (χ0) is 12.4. The molecule has 4 heteroatoms. The topological polar surface area (TPSA) is 36.4 Å². The average molecular weight is 263 g/mol. The highest BCUT2D eigenvalue weighted by atomic mass is 32.1. The van der Waals surface area contributed by atoms with E-state index < -0.39 is 0 Å². The van der Waals surface area contributed by atoms with Crippen LogP contribution in [-0.2, 0) is 0 Å². The Hall–Kier alpha value is -0.870. The molecular formula is C14H21N3S. The smallest absolute Gasteiger partial charge is 0.119 e. The molecule has 1 aromatic heterocycles. The molecule has 1 aliphatic carbocycles. The largest absolute Gasteiger partial charge is 0.369 e. The monoisotopic (exact) mass is 263 g/mol. The van der Waals surface area contributed by atoms with Gasteiger partial charge in [-0.15, -0.1) is 11.3 Å². The van der Waals surface area contributed by atoms with Crippen molar-refractivity contribution < 1.29 is 0 Å². The van der Waals surface area contributed by atoms with Gasteiger partial charge in [-0.1, -0.05) is 12.8 Å². The van der Waals surface area contributed by atoms with Crippen LogP contribution in [0, 0.1) is 6.92 Å². The molecule has 1 aliphatic heterocycles. The van der Waals surface area contributed by atoms with Gasteiger partial charge in [-0.05, 0) is 31.9 Å². The fraction of sp³-hybridized carbons (Fsp3) is 0.643. The summed E-state index contributed by atoms with van der Waals surface area (Å²) in [7, 11) is 0. The van der Waals surface area contributed by atoms with Gasteiger partial charge in [0.05, 0.1) is 12.6 Å². The van der Waals surface area contributed by atoms with Crippen LogP contribution < -0.4 is 10.6 Å². The summed E-state index contributed by atoms with van der Waals surface area (Å²) in [4.78, 5) is 7.47. The minimum Gasteiger partial charge on any atom is -0.369 e. The number of aliphatic imine (C=N–C) groups is 1. The fourth-order valence-corrected chi connectivity index (χ4v) is 3.78. The third-order valence-electron chi connectivity index (χ3n) is 3.77. The standard InChI is InChI=1S/C14H21N3S/c1-10-6-7-12(18-10)13-14(16-9-8-15-13)17-11-4-2-3-5-11/h6-7,11,13,15H,2-5,8-9H2,1H3,(H,16,17). The summed E-state index contributed by atoms with van der Waals surface area (Å²) in [6.07, 6.45) is 5.33. The van der Waals surface area contributed by atoms with Crippen molar-refractivity contribution in [3.8, 4) is 0 Å². The van der Waals surface area contributed by atoms with Gasteiger partial charge >= 0.3 is 0 Å². The zero-order valence-corrected chi connectivity index (χ0v) is 11.7. The first-order chi connectivity index (χ1) is 8.83. The first-order valence-corrected chi connectivity index (χ1v) is 7.75. The van der Waals surface area contributed by atoms with E-state index in [1.54, 1.807) is 0 Å². The van der Waals surface area contributed by atoms with Crippen molar-refractivity contribution in [2.24, 2.45) is 4.99 Å². The molecule has 0 spiro atoms. The van der Waals surface area contributed by atoms with Crippen molar-refractivity contribution >= 4 is 17.2 Å². The van der Waals surface area contributed by atoms with Crippen molar-refractivity contribution in [1.29, 1.82) is 0 Å². The molecule has 0 amide bonds. The summed E-state index contributed by atoms with van der Waals surface area (Å²) in [6.45, 7) is 4.05. The van der Waals surface area contributed by atoms with Crippen LogP contribution in [0.1, 0.15) is 41.5 Å². The van der Waals surface area contributed by atoms with E-state index in [4.69, 9.17) is 4.99 Å². The zero-order valence-electron chi connectivity index (χ0n) is 10.9. The second-order valence-corrected chi connectivity index (χ2v) is 6.55. The summed E-state index contributed by atoms with van der Waals surface area (Å²) >= 11 is 1.87. The van der Waals surface area contributed by atoms with Gasteiger partial charge in [0.25, 0.3) is 0 Å². The van der Waals surface area contributed by atoms with Gasteiger partial charge in [-0.2, -0.15) is 0 Å². The van der Waals surface area contributed by atoms with Crippen LogP contribution in [0.5, 0.6) is 0 Å². The highest BCUT2D eigenvalue weighted by molar-refractivity contribution is 7.12. The molecule has 0 radical (unpaired) electrons. The third kappa shape index (κ3) is 2.59. The molecular weight excluding hydrogens is 242 g/mol. The van der Waals surface area contributed by atoms with E-state index in [1.165, 1.54) is 35.4 Å². The molecule has 0 bridgehead atoms. The van der Waals surface area contributed by atoms with E-state index >= 15 is 0 Å². The fourth-order valence-electron chi connectivity index (χ4n) is 2.83.